The Labute approximate surface area is 130 Å². The maximum absolute atomic E-state index is 12.3. The van der Waals surface area contributed by atoms with E-state index in [1.54, 1.807) is 0 Å². The van der Waals surface area contributed by atoms with Crippen LogP contribution in [0.25, 0.3) is 0 Å². The van der Waals surface area contributed by atoms with E-state index < -0.39 is 11.5 Å². The summed E-state index contributed by atoms with van der Waals surface area (Å²) in [7, 11) is 1.32. The zero-order valence-corrected chi connectivity index (χ0v) is 12.4. The van der Waals surface area contributed by atoms with Crippen molar-refractivity contribution in [2.24, 2.45) is 0 Å². The van der Waals surface area contributed by atoms with Crippen LogP contribution in [0.2, 0.25) is 10.0 Å². The number of halogens is 2. The summed E-state index contributed by atoms with van der Waals surface area (Å²) >= 11 is 11.9. The molecule has 21 heavy (non-hydrogen) atoms. The lowest BCUT2D eigenvalue weighted by atomic mass is 10.0. The van der Waals surface area contributed by atoms with E-state index >= 15 is 0 Å². The lowest BCUT2D eigenvalue weighted by molar-refractivity contribution is 0.0992. The summed E-state index contributed by atoms with van der Waals surface area (Å²) in [4.78, 5) is 16.1. The number of aromatic nitrogens is 1. The average molecular weight is 328 g/mol. The Bertz CT molecular complexity index is 683. The first-order valence-corrected chi connectivity index (χ1v) is 6.60. The molecule has 0 atom stereocenters. The Kier molecular flexibility index (Phi) is 4.55. The summed E-state index contributed by atoms with van der Waals surface area (Å²) < 4.78 is 4.89. The van der Waals surface area contributed by atoms with E-state index in [9.17, 15) is 15.0 Å². The first-order valence-electron chi connectivity index (χ1n) is 5.85. The van der Waals surface area contributed by atoms with Gasteiger partial charge in [0.2, 0.25) is 5.75 Å². The Morgan fingerprint density at radius 1 is 1.24 bits per heavy atom. The number of nitrogens with zero attached hydrogens (tertiary/aromatic N) is 1. The molecule has 0 fully saturated rings. The molecule has 2 N–H and O–H groups in total. The van der Waals surface area contributed by atoms with Crippen LogP contribution < -0.4 is 4.74 Å². The molecule has 0 radical (unpaired) electrons. The summed E-state index contributed by atoms with van der Waals surface area (Å²) in [5.74, 6) is -1.19. The van der Waals surface area contributed by atoms with Crippen molar-refractivity contribution in [3.8, 4) is 17.2 Å². The van der Waals surface area contributed by atoms with Crippen LogP contribution in [-0.2, 0) is 6.42 Å². The minimum atomic E-state index is -0.440. The van der Waals surface area contributed by atoms with Gasteiger partial charge < -0.3 is 14.9 Å². The van der Waals surface area contributed by atoms with Gasteiger partial charge >= 0.3 is 0 Å². The second-order valence-corrected chi connectivity index (χ2v) is 5.04. The number of phenolic OH excluding ortho intramolecular Hbond substituents is 2. The quantitative estimate of drug-likeness (QED) is 0.665. The lowest BCUT2D eigenvalue weighted by Gasteiger charge is -2.09. The molecule has 2 aromatic rings. The van der Waals surface area contributed by atoms with Gasteiger partial charge in [-0.1, -0.05) is 23.2 Å². The number of ketones is 1. The van der Waals surface area contributed by atoms with Crippen molar-refractivity contribution in [2.45, 2.75) is 6.42 Å². The van der Waals surface area contributed by atoms with Crippen molar-refractivity contribution >= 4 is 29.0 Å². The van der Waals surface area contributed by atoms with Crippen molar-refractivity contribution < 1.29 is 19.7 Å². The number of Topliss-reactive ketones (excluding diaryl/α,β-unsaturated/α-hetero) is 1. The second-order valence-electron chi connectivity index (χ2n) is 4.23. The number of carbonyl (C=O) groups is 1. The van der Waals surface area contributed by atoms with Crippen LogP contribution in [0.4, 0.5) is 0 Å². The number of hydrogen-bond acceptors (Lipinski definition) is 5. The molecule has 0 bridgehead atoms. The number of ether oxygens (including phenoxy) is 1. The van der Waals surface area contributed by atoms with E-state index in [1.807, 2.05) is 0 Å². The fourth-order valence-electron chi connectivity index (χ4n) is 1.78. The molecule has 1 aromatic carbocycles. The average Bonchev–Trinajstić information content (AvgIpc) is 2.45. The van der Waals surface area contributed by atoms with Gasteiger partial charge in [-0.3, -0.25) is 9.78 Å². The third-order valence-corrected chi connectivity index (χ3v) is 3.54. The zero-order valence-electron chi connectivity index (χ0n) is 10.9. The standard InChI is InChI=1S/C14H11Cl2NO4/c1-21-13-3-7(2-12(19)14(13)20)11(18)4-8-9(15)5-17-6-10(8)16/h2-3,5-6,19-20H,4H2,1H3. The van der Waals surface area contributed by atoms with Gasteiger partial charge in [0.1, 0.15) is 0 Å². The number of rotatable bonds is 4. The first kappa shape index (κ1) is 15.4. The molecule has 0 unspecified atom stereocenters. The molecule has 2 rings (SSSR count). The summed E-state index contributed by atoms with van der Waals surface area (Å²) in [6.45, 7) is 0. The van der Waals surface area contributed by atoms with E-state index in [-0.39, 0.29) is 33.6 Å². The number of methoxy groups -OCH3 is 1. The molecule has 5 nitrogen and oxygen atoms in total. The number of carbonyl (C=O) groups excluding carboxylic acids is 1. The van der Waals surface area contributed by atoms with Crippen molar-refractivity contribution in [3.05, 3.63) is 45.7 Å². The van der Waals surface area contributed by atoms with Crippen LogP contribution in [-0.4, -0.2) is 28.1 Å². The van der Waals surface area contributed by atoms with E-state index in [1.165, 1.54) is 25.6 Å². The maximum Gasteiger partial charge on any atom is 0.200 e. The topological polar surface area (TPSA) is 79.7 Å². The summed E-state index contributed by atoms with van der Waals surface area (Å²) in [6, 6.07) is 2.49. The molecule has 7 heteroatoms. The van der Waals surface area contributed by atoms with Gasteiger partial charge in [-0.15, -0.1) is 0 Å². The fourth-order valence-corrected chi connectivity index (χ4v) is 2.28. The third-order valence-electron chi connectivity index (χ3n) is 2.89. The highest BCUT2D eigenvalue weighted by Gasteiger charge is 2.17. The van der Waals surface area contributed by atoms with Gasteiger partial charge in [-0.2, -0.15) is 0 Å². The van der Waals surface area contributed by atoms with Crippen LogP contribution in [0.5, 0.6) is 17.2 Å². The van der Waals surface area contributed by atoms with Crippen LogP contribution in [0.3, 0.4) is 0 Å². The monoisotopic (exact) mass is 327 g/mol. The highest BCUT2D eigenvalue weighted by atomic mass is 35.5. The number of hydrogen-bond donors (Lipinski definition) is 2. The highest BCUT2D eigenvalue weighted by molar-refractivity contribution is 6.36. The molecule has 0 saturated heterocycles. The summed E-state index contributed by atoms with van der Waals surface area (Å²) in [5, 5.41) is 19.7. The van der Waals surface area contributed by atoms with Crippen LogP contribution in [0, 0.1) is 0 Å². The van der Waals surface area contributed by atoms with Crippen LogP contribution in [0.1, 0.15) is 15.9 Å². The van der Waals surface area contributed by atoms with E-state index in [0.29, 0.717) is 5.56 Å². The van der Waals surface area contributed by atoms with E-state index in [0.717, 1.165) is 6.07 Å². The molecule has 0 spiro atoms. The first-order chi connectivity index (χ1) is 9.93. The molecule has 0 amide bonds. The predicted octanol–water partition coefficient (Wildman–Crippen LogP) is 3.23. The molecule has 0 saturated carbocycles. The molecular weight excluding hydrogens is 317 g/mol. The Morgan fingerprint density at radius 2 is 1.86 bits per heavy atom. The normalized spacial score (nSPS) is 10.4. The summed E-state index contributed by atoms with van der Waals surface area (Å²) in [5.41, 5.74) is 0.621. The van der Waals surface area contributed by atoms with Crippen molar-refractivity contribution in [2.75, 3.05) is 7.11 Å². The molecule has 0 aliphatic rings. The van der Waals surface area contributed by atoms with Gasteiger partial charge in [-0.25, -0.2) is 0 Å². The largest absolute Gasteiger partial charge is 0.504 e. The Morgan fingerprint density at radius 3 is 2.43 bits per heavy atom. The van der Waals surface area contributed by atoms with Crippen molar-refractivity contribution in [3.63, 3.8) is 0 Å². The SMILES string of the molecule is COc1cc(C(=O)Cc2c(Cl)cncc2Cl)cc(O)c1O. The highest BCUT2D eigenvalue weighted by Crippen LogP contribution is 2.36. The Balaban J connectivity index is 2.35. The molecule has 110 valence electrons. The number of aromatic hydroxyl groups is 2. The number of phenols is 2. The van der Waals surface area contributed by atoms with Gasteiger partial charge in [0.05, 0.1) is 17.2 Å². The van der Waals surface area contributed by atoms with Crippen molar-refractivity contribution in [1.29, 1.82) is 0 Å². The molecular formula is C14H11Cl2NO4. The third kappa shape index (κ3) is 3.20. The van der Waals surface area contributed by atoms with Gasteiger partial charge in [0.25, 0.3) is 0 Å². The molecule has 0 aliphatic heterocycles. The molecule has 1 aromatic heterocycles. The van der Waals surface area contributed by atoms with Gasteiger partial charge in [0, 0.05) is 29.9 Å². The maximum atomic E-state index is 12.3. The van der Waals surface area contributed by atoms with Crippen LogP contribution in [0.15, 0.2) is 24.5 Å². The van der Waals surface area contributed by atoms with E-state index in [4.69, 9.17) is 27.9 Å². The van der Waals surface area contributed by atoms with Gasteiger partial charge in [-0.05, 0) is 12.1 Å². The van der Waals surface area contributed by atoms with Gasteiger partial charge in [0.15, 0.2) is 17.3 Å². The van der Waals surface area contributed by atoms with E-state index in [2.05, 4.69) is 4.98 Å². The second kappa shape index (κ2) is 6.20. The number of benzene rings is 1. The summed E-state index contributed by atoms with van der Waals surface area (Å²) in [6.07, 6.45) is 2.73. The minimum absolute atomic E-state index is 0.00488. The fraction of sp³-hybridized carbons (Fsp3) is 0.143. The smallest absolute Gasteiger partial charge is 0.200 e. The minimum Gasteiger partial charge on any atom is -0.504 e. The lowest BCUT2D eigenvalue weighted by Crippen LogP contribution is -2.05. The molecule has 1 heterocycles. The Hall–Kier alpha value is -1.98. The van der Waals surface area contributed by atoms with Crippen molar-refractivity contribution in [1.82, 2.24) is 4.98 Å². The zero-order chi connectivity index (χ0) is 15.6. The molecule has 0 aliphatic carbocycles. The van der Waals surface area contributed by atoms with Crippen LogP contribution >= 0.6 is 23.2 Å². The number of pyridine rings is 1. The predicted molar refractivity (Wildman–Crippen MR) is 78.6 cm³/mol.